The van der Waals surface area contributed by atoms with Gasteiger partial charge in [-0.05, 0) is 18.6 Å². The number of rotatable bonds is 5. The second kappa shape index (κ2) is 6.45. The fraction of sp³-hybridized carbons (Fsp3) is 0.364. The Morgan fingerprint density at radius 1 is 1.35 bits per heavy atom. The van der Waals surface area contributed by atoms with Crippen LogP contribution in [-0.4, -0.2) is 12.5 Å². The van der Waals surface area contributed by atoms with E-state index >= 15 is 0 Å². The van der Waals surface area contributed by atoms with E-state index in [0.29, 0.717) is 21.6 Å². The average molecular weight is 296 g/mol. The van der Waals surface area contributed by atoms with Gasteiger partial charge in [-0.2, -0.15) is 0 Å². The van der Waals surface area contributed by atoms with Crippen LogP contribution >= 0.6 is 34.8 Å². The number of benzene rings is 1. The van der Waals surface area contributed by atoms with Crippen LogP contribution in [0.3, 0.4) is 0 Å². The van der Waals surface area contributed by atoms with E-state index < -0.39 is 0 Å². The molecule has 0 aromatic heterocycles. The van der Waals surface area contributed by atoms with E-state index in [9.17, 15) is 4.79 Å². The molecule has 1 aromatic carbocycles. The number of hydrogen-bond acceptors (Lipinski definition) is 2. The lowest BCUT2D eigenvalue weighted by Crippen LogP contribution is -2.24. The first kappa shape index (κ1) is 14.6. The number of nitrogens with one attached hydrogen (secondary N) is 1. The quantitative estimate of drug-likeness (QED) is 0.820. The van der Waals surface area contributed by atoms with Gasteiger partial charge in [0.1, 0.15) is 0 Å². The minimum absolute atomic E-state index is 0.0309. The summed E-state index contributed by atoms with van der Waals surface area (Å²) >= 11 is 17.9. The van der Waals surface area contributed by atoms with Crippen molar-refractivity contribution in [3.05, 3.63) is 32.8 Å². The Bertz CT molecular complexity index is 423. The van der Waals surface area contributed by atoms with Gasteiger partial charge in [0.2, 0.25) is 5.91 Å². The van der Waals surface area contributed by atoms with Gasteiger partial charge in [0, 0.05) is 19.0 Å². The topological polar surface area (TPSA) is 55.1 Å². The summed E-state index contributed by atoms with van der Waals surface area (Å²) < 4.78 is 0. The van der Waals surface area contributed by atoms with Crippen molar-refractivity contribution >= 4 is 40.7 Å². The zero-order valence-electron chi connectivity index (χ0n) is 9.27. The Hall–Kier alpha value is -0.480. The fourth-order valence-electron chi connectivity index (χ4n) is 1.40. The number of carbonyl (C=O) groups excluding carboxylic acids is 1. The standard InChI is InChI=1S/C11H13Cl3N2O/c1-6(16-5-4-9(15)17)7-2-3-8(12)11(14)10(7)13/h2-3,6,16H,4-5H2,1H3,(H2,15,17). The molecule has 94 valence electrons. The van der Waals surface area contributed by atoms with Gasteiger partial charge >= 0.3 is 0 Å². The highest BCUT2D eigenvalue weighted by molar-refractivity contribution is 6.48. The maximum absolute atomic E-state index is 10.6. The molecule has 0 aliphatic heterocycles. The highest BCUT2D eigenvalue weighted by Crippen LogP contribution is 2.35. The van der Waals surface area contributed by atoms with Gasteiger partial charge in [-0.3, -0.25) is 4.79 Å². The van der Waals surface area contributed by atoms with Crippen LogP contribution in [0.4, 0.5) is 0 Å². The molecule has 0 heterocycles. The van der Waals surface area contributed by atoms with Gasteiger partial charge in [-0.15, -0.1) is 0 Å². The molecular formula is C11H13Cl3N2O. The lowest BCUT2D eigenvalue weighted by atomic mass is 10.1. The summed E-state index contributed by atoms with van der Waals surface area (Å²) in [5.41, 5.74) is 5.89. The summed E-state index contributed by atoms with van der Waals surface area (Å²) in [6.45, 7) is 2.42. The summed E-state index contributed by atoms with van der Waals surface area (Å²) in [4.78, 5) is 10.6. The molecule has 0 fully saturated rings. The Kier molecular flexibility index (Phi) is 5.53. The first-order valence-corrected chi connectivity index (χ1v) is 6.22. The summed E-state index contributed by atoms with van der Waals surface area (Å²) in [5.74, 6) is -0.343. The van der Waals surface area contributed by atoms with Crippen molar-refractivity contribution in [3.63, 3.8) is 0 Å². The van der Waals surface area contributed by atoms with Gasteiger partial charge in [0.05, 0.1) is 15.1 Å². The molecule has 3 nitrogen and oxygen atoms in total. The van der Waals surface area contributed by atoms with Crippen LogP contribution < -0.4 is 11.1 Å². The van der Waals surface area contributed by atoms with Crippen molar-refractivity contribution < 1.29 is 4.79 Å². The zero-order chi connectivity index (χ0) is 13.0. The molecule has 0 saturated heterocycles. The maximum Gasteiger partial charge on any atom is 0.218 e. The zero-order valence-corrected chi connectivity index (χ0v) is 11.5. The minimum atomic E-state index is -0.343. The monoisotopic (exact) mass is 294 g/mol. The SMILES string of the molecule is CC(NCCC(N)=O)c1ccc(Cl)c(Cl)c1Cl. The summed E-state index contributed by atoms with van der Waals surface area (Å²) in [5, 5.41) is 4.32. The van der Waals surface area contributed by atoms with Crippen molar-refractivity contribution in [1.82, 2.24) is 5.32 Å². The summed E-state index contributed by atoms with van der Waals surface area (Å²) in [7, 11) is 0. The van der Waals surface area contributed by atoms with Gasteiger partial charge in [-0.1, -0.05) is 40.9 Å². The van der Waals surface area contributed by atoms with Gasteiger partial charge < -0.3 is 11.1 Å². The van der Waals surface area contributed by atoms with E-state index in [1.807, 2.05) is 6.92 Å². The van der Waals surface area contributed by atoms with Crippen LogP contribution in [-0.2, 0) is 4.79 Å². The molecule has 3 N–H and O–H groups in total. The number of hydrogen-bond donors (Lipinski definition) is 2. The molecule has 6 heteroatoms. The molecule has 0 aliphatic carbocycles. The number of primary amides is 1. The Balaban J connectivity index is 2.72. The van der Waals surface area contributed by atoms with Crippen molar-refractivity contribution in [3.8, 4) is 0 Å². The van der Waals surface area contributed by atoms with E-state index in [0.717, 1.165) is 5.56 Å². The highest BCUT2D eigenvalue weighted by Gasteiger charge is 2.13. The normalized spacial score (nSPS) is 12.5. The first-order valence-electron chi connectivity index (χ1n) is 5.08. The average Bonchev–Trinajstić information content (AvgIpc) is 2.25. The van der Waals surface area contributed by atoms with Crippen molar-refractivity contribution in [2.45, 2.75) is 19.4 Å². The highest BCUT2D eigenvalue weighted by atomic mass is 35.5. The van der Waals surface area contributed by atoms with Crippen molar-refractivity contribution in [2.75, 3.05) is 6.54 Å². The molecule has 1 aromatic rings. The van der Waals surface area contributed by atoms with Crippen LogP contribution in [0.25, 0.3) is 0 Å². The third kappa shape index (κ3) is 4.03. The molecule has 1 unspecified atom stereocenters. The number of carbonyl (C=O) groups is 1. The lowest BCUT2D eigenvalue weighted by Gasteiger charge is -2.16. The molecule has 1 atom stereocenters. The molecule has 1 amide bonds. The van der Waals surface area contributed by atoms with Gasteiger partial charge in [0.15, 0.2) is 0 Å². The Labute approximate surface area is 115 Å². The van der Waals surface area contributed by atoms with Crippen molar-refractivity contribution in [1.29, 1.82) is 0 Å². The first-order chi connectivity index (χ1) is 7.93. The van der Waals surface area contributed by atoms with Crippen LogP contribution in [0.1, 0.15) is 24.9 Å². The number of nitrogens with two attached hydrogens (primary N) is 1. The van der Waals surface area contributed by atoms with Gasteiger partial charge in [-0.25, -0.2) is 0 Å². The largest absolute Gasteiger partial charge is 0.370 e. The van der Waals surface area contributed by atoms with Crippen LogP contribution in [0.2, 0.25) is 15.1 Å². The van der Waals surface area contributed by atoms with Crippen LogP contribution in [0, 0.1) is 0 Å². The van der Waals surface area contributed by atoms with E-state index in [4.69, 9.17) is 40.5 Å². The lowest BCUT2D eigenvalue weighted by molar-refractivity contribution is -0.117. The fourth-order valence-corrected chi connectivity index (χ4v) is 2.10. The van der Waals surface area contributed by atoms with E-state index in [1.165, 1.54) is 0 Å². The second-order valence-corrected chi connectivity index (χ2v) is 4.82. The molecule has 0 aliphatic rings. The third-order valence-electron chi connectivity index (χ3n) is 2.35. The second-order valence-electron chi connectivity index (χ2n) is 3.66. The number of amides is 1. The summed E-state index contributed by atoms with van der Waals surface area (Å²) in [6, 6.07) is 3.46. The van der Waals surface area contributed by atoms with E-state index in [2.05, 4.69) is 5.32 Å². The molecule has 17 heavy (non-hydrogen) atoms. The molecule has 0 saturated carbocycles. The minimum Gasteiger partial charge on any atom is -0.370 e. The Morgan fingerprint density at radius 3 is 2.59 bits per heavy atom. The van der Waals surface area contributed by atoms with Crippen molar-refractivity contribution in [2.24, 2.45) is 5.73 Å². The van der Waals surface area contributed by atoms with Gasteiger partial charge in [0.25, 0.3) is 0 Å². The maximum atomic E-state index is 10.6. The molecule has 0 radical (unpaired) electrons. The molecule has 0 spiro atoms. The van der Waals surface area contributed by atoms with Crippen LogP contribution in [0.15, 0.2) is 12.1 Å². The van der Waals surface area contributed by atoms with E-state index in [1.54, 1.807) is 12.1 Å². The Morgan fingerprint density at radius 2 is 2.00 bits per heavy atom. The summed E-state index contributed by atoms with van der Waals surface area (Å²) in [6.07, 6.45) is 0.281. The van der Waals surface area contributed by atoms with Crippen LogP contribution in [0.5, 0.6) is 0 Å². The predicted molar refractivity (Wildman–Crippen MR) is 71.7 cm³/mol. The van der Waals surface area contributed by atoms with E-state index in [-0.39, 0.29) is 18.4 Å². The smallest absolute Gasteiger partial charge is 0.218 e. The molecule has 0 bridgehead atoms. The number of halogens is 3. The molecule has 1 rings (SSSR count). The predicted octanol–water partition coefficient (Wildman–Crippen LogP) is 3.17. The molecular weight excluding hydrogens is 282 g/mol. The third-order valence-corrected chi connectivity index (χ3v) is 3.66.